The van der Waals surface area contributed by atoms with Crippen molar-refractivity contribution < 1.29 is 23.8 Å². The van der Waals surface area contributed by atoms with Crippen molar-refractivity contribution in [2.24, 2.45) is 0 Å². The van der Waals surface area contributed by atoms with Crippen molar-refractivity contribution in [3.8, 4) is 11.4 Å². The lowest BCUT2D eigenvalue weighted by Gasteiger charge is -2.05. The number of esters is 2. The number of nitrogens with zero attached hydrogens (tertiary/aromatic N) is 3. The third-order valence-electron chi connectivity index (χ3n) is 2.64. The van der Waals surface area contributed by atoms with E-state index in [1.165, 1.54) is 38.7 Å². The van der Waals surface area contributed by atoms with Crippen molar-refractivity contribution in [2.45, 2.75) is 0 Å². The summed E-state index contributed by atoms with van der Waals surface area (Å²) in [6.45, 7) is 0. The number of ether oxygens (including phenoxy) is 2. The molecule has 0 saturated heterocycles. The maximum atomic E-state index is 11.9. The molecule has 0 unspecified atom stereocenters. The fraction of sp³-hybridized carbons (Fsp3) is 0.154. The van der Waals surface area contributed by atoms with Gasteiger partial charge in [-0.25, -0.2) is 19.6 Å². The second-order valence-corrected chi connectivity index (χ2v) is 3.90. The minimum absolute atomic E-state index is 0.109. The lowest BCUT2D eigenvalue weighted by molar-refractivity contribution is -0.594. The first-order chi connectivity index (χ1) is 10.1. The number of rotatable bonds is 3. The van der Waals surface area contributed by atoms with Gasteiger partial charge in [0.2, 0.25) is 11.9 Å². The van der Waals surface area contributed by atoms with E-state index in [1.807, 2.05) is 0 Å². The molecule has 0 spiro atoms. The smallest absolute Gasteiger partial charge is 0.363 e. The highest BCUT2D eigenvalue weighted by Crippen LogP contribution is 2.12. The van der Waals surface area contributed by atoms with Gasteiger partial charge in [0, 0.05) is 6.20 Å². The molecule has 0 aromatic carbocycles. The third-order valence-corrected chi connectivity index (χ3v) is 2.64. The molecule has 0 bridgehead atoms. The SMILES string of the molecule is COC(=O)c1ccc(-c2cnc(C(=O)OC)c[n+]2[O-])nc1. The lowest BCUT2D eigenvalue weighted by Crippen LogP contribution is -2.31. The van der Waals surface area contributed by atoms with Crippen LogP contribution in [0, 0.1) is 5.21 Å². The average molecular weight is 289 g/mol. The highest BCUT2D eigenvalue weighted by atomic mass is 16.5. The van der Waals surface area contributed by atoms with Crippen LogP contribution in [0.4, 0.5) is 0 Å². The molecule has 2 aromatic rings. The van der Waals surface area contributed by atoms with Gasteiger partial charge in [0.1, 0.15) is 11.9 Å². The Morgan fingerprint density at radius 3 is 2.33 bits per heavy atom. The van der Waals surface area contributed by atoms with Crippen LogP contribution in [0.1, 0.15) is 20.8 Å². The van der Waals surface area contributed by atoms with Crippen LogP contribution in [-0.2, 0) is 9.47 Å². The first-order valence-corrected chi connectivity index (χ1v) is 5.79. The molecular weight excluding hydrogens is 278 g/mol. The number of carbonyl (C=O) groups excluding carboxylic acids is 2. The number of hydrogen-bond acceptors (Lipinski definition) is 7. The molecule has 0 fully saturated rings. The Balaban J connectivity index is 2.34. The van der Waals surface area contributed by atoms with Crippen LogP contribution < -0.4 is 4.73 Å². The largest absolute Gasteiger partial charge is 0.618 e. The molecule has 0 aliphatic rings. The normalized spacial score (nSPS) is 10.0. The van der Waals surface area contributed by atoms with Crippen LogP contribution in [0.5, 0.6) is 0 Å². The van der Waals surface area contributed by atoms with Gasteiger partial charge in [-0.15, -0.1) is 0 Å². The molecule has 108 valence electrons. The minimum atomic E-state index is -0.708. The zero-order chi connectivity index (χ0) is 15.4. The molecule has 0 aliphatic heterocycles. The first kappa shape index (κ1) is 14.4. The monoisotopic (exact) mass is 289 g/mol. The quantitative estimate of drug-likeness (QED) is 0.456. The average Bonchev–Trinajstić information content (AvgIpc) is 2.53. The first-order valence-electron chi connectivity index (χ1n) is 5.79. The Kier molecular flexibility index (Phi) is 4.07. The van der Waals surface area contributed by atoms with Crippen molar-refractivity contribution in [2.75, 3.05) is 14.2 Å². The van der Waals surface area contributed by atoms with E-state index < -0.39 is 11.9 Å². The van der Waals surface area contributed by atoms with Crippen LogP contribution in [-0.4, -0.2) is 36.1 Å². The van der Waals surface area contributed by atoms with Gasteiger partial charge >= 0.3 is 11.9 Å². The van der Waals surface area contributed by atoms with E-state index in [1.54, 1.807) is 0 Å². The summed E-state index contributed by atoms with van der Waals surface area (Å²) in [4.78, 5) is 30.4. The number of aromatic nitrogens is 3. The summed E-state index contributed by atoms with van der Waals surface area (Å²) >= 11 is 0. The maximum Gasteiger partial charge on any atom is 0.363 e. The summed E-state index contributed by atoms with van der Waals surface area (Å²) in [6.07, 6.45) is 3.49. The van der Waals surface area contributed by atoms with Gasteiger partial charge in [-0.3, -0.25) is 0 Å². The Morgan fingerprint density at radius 2 is 1.81 bits per heavy atom. The van der Waals surface area contributed by atoms with Crippen LogP contribution in [0.15, 0.2) is 30.7 Å². The van der Waals surface area contributed by atoms with Gasteiger partial charge in [-0.05, 0) is 12.1 Å². The van der Waals surface area contributed by atoms with Gasteiger partial charge in [0.15, 0.2) is 0 Å². The van der Waals surface area contributed by atoms with E-state index in [9.17, 15) is 14.8 Å². The molecule has 0 saturated carbocycles. The summed E-state index contributed by atoms with van der Waals surface area (Å²) in [6, 6.07) is 2.96. The molecule has 2 aromatic heterocycles. The molecule has 2 heterocycles. The van der Waals surface area contributed by atoms with Gasteiger partial charge in [0.25, 0.3) is 5.69 Å². The molecule has 0 radical (unpaired) electrons. The molecule has 0 amide bonds. The van der Waals surface area contributed by atoms with Crippen molar-refractivity contribution in [3.05, 3.63) is 47.2 Å². The molecule has 0 aliphatic carbocycles. The fourth-order valence-electron chi connectivity index (χ4n) is 1.57. The predicted octanol–water partition coefficient (Wildman–Crippen LogP) is 0.350. The van der Waals surface area contributed by atoms with Gasteiger partial charge in [-0.1, -0.05) is 0 Å². The highest BCUT2D eigenvalue weighted by molar-refractivity contribution is 5.89. The highest BCUT2D eigenvalue weighted by Gasteiger charge is 2.17. The number of methoxy groups -OCH3 is 2. The van der Waals surface area contributed by atoms with E-state index in [0.717, 1.165) is 6.20 Å². The molecule has 21 heavy (non-hydrogen) atoms. The van der Waals surface area contributed by atoms with Crippen molar-refractivity contribution in [1.82, 2.24) is 9.97 Å². The standard InChI is InChI=1S/C13H11N3O5/c1-20-12(17)8-3-4-9(14-5-8)11-6-15-10(7-16(11)19)13(18)21-2/h3-7H,1-2H3. The van der Waals surface area contributed by atoms with Crippen molar-refractivity contribution >= 4 is 11.9 Å². The van der Waals surface area contributed by atoms with Crippen LogP contribution in [0.2, 0.25) is 0 Å². The lowest BCUT2D eigenvalue weighted by atomic mass is 10.2. The van der Waals surface area contributed by atoms with E-state index in [4.69, 9.17) is 0 Å². The van der Waals surface area contributed by atoms with E-state index in [2.05, 4.69) is 19.4 Å². The zero-order valence-electron chi connectivity index (χ0n) is 11.3. The zero-order valence-corrected chi connectivity index (χ0v) is 11.3. The fourth-order valence-corrected chi connectivity index (χ4v) is 1.57. The van der Waals surface area contributed by atoms with Crippen molar-refractivity contribution in [3.63, 3.8) is 0 Å². The molecule has 0 atom stereocenters. The van der Waals surface area contributed by atoms with Gasteiger partial charge in [-0.2, -0.15) is 4.73 Å². The topological polar surface area (TPSA) is 105 Å². The summed E-state index contributed by atoms with van der Waals surface area (Å²) in [5, 5.41) is 11.9. The molecule has 8 nitrogen and oxygen atoms in total. The van der Waals surface area contributed by atoms with E-state index in [0.29, 0.717) is 10.4 Å². The Hall–Kier alpha value is -3.03. The van der Waals surface area contributed by atoms with E-state index in [-0.39, 0.29) is 17.0 Å². The predicted molar refractivity (Wildman–Crippen MR) is 69.1 cm³/mol. The molecule has 0 N–H and O–H groups in total. The molecular formula is C13H11N3O5. The maximum absolute atomic E-state index is 11.9. The third kappa shape index (κ3) is 2.94. The molecule has 8 heteroatoms. The Morgan fingerprint density at radius 1 is 1.10 bits per heavy atom. The Labute approximate surface area is 119 Å². The van der Waals surface area contributed by atoms with Crippen molar-refractivity contribution in [1.29, 1.82) is 0 Å². The second-order valence-electron chi connectivity index (χ2n) is 3.90. The number of carbonyl (C=O) groups is 2. The molecule has 2 rings (SSSR count). The van der Waals surface area contributed by atoms with Crippen LogP contribution in [0.25, 0.3) is 11.4 Å². The number of hydrogen-bond donors (Lipinski definition) is 0. The van der Waals surface area contributed by atoms with Crippen LogP contribution >= 0.6 is 0 Å². The summed E-state index contributed by atoms with van der Waals surface area (Å²) in [7, 11) is 2.46. The summed E-state index contributed by atoms with van der Waals surface area (Å²) in [5.41, 5.74) is 0.598. The van der Waals surface area contributed by atoms with E-state index >= 15 is 0 Å². The van der Waals surface area contributed by atoms with Crippen LogP contribution in [0.3, 0.4) is 0 Å². The minimum Gasteiger partial charge on any atom is -0.618 e. The summed E-state index contributed by atoms with van der Waals surface area (Å²) < 4.78 is 9.48. The number of pyridine rings is 1. The Bertz CT molecular complexity index is 685. The second kappa shape index (κ2) is 5.95. The summed E-state index contributed by atoms with van der Waals surface area (Å²) in [5.74, 6) is -1.23. The van der Waals surface area contributed by atoms with Gasteiger partial charge in [0.05, 0.1) is 19.8 Å². The van der Waals surface area contributed by atoms with Gasteiger partial charge < -0.3 is 14.7 Å².